The number of rotatable bonds is 5. The minimum Gasteiger partial charge on any atom is -0.507 e. The predicted molar refractivity (Wildman–Crippen MR) is 106 cm³/mol. The van der Waals surface area contributed by atoms with Crippen LogP contribution in [0.3, 0.4) is 0 Å². The van der Waals surface area contributed by atoms with E-state index in [0.29, 0.717) is 28.9 Å². The fourth-order valence-electron chi connectivity index (χ4n) is 3.66. The first-order chi connectivity index (χ1) is 13.6. The van der Waals surface area contributed by atoms with Gasteiger partial charge in [-0.1, -0.05) is 13.5 Å². The number of benzene rings is 1. The highest BCUT2D eigenvalue weighted by Gasteiger charge is 2.35. The summed E-state index contributed by atoms with van der Waals surface area (Å²) in [7, 11) is 0. The highest BCUT2D eigenvalue weighted by molar-refractivity contribution is 6.01. The first-order valence-electron chi connectivity index (χ1n) is 9.35. The highest BCUT2D eigenvalue weighted by atomic mass is 16.5. The number of Topliss-reactive ketones (excluding diaryl/α,β-unsaturated/α-hetero) is 1. The Hall–Kier alpha value is -3.22. The molecule has 0 aliphatic carbocycles. The van der Waals surface area contributed by atoms with E-state index in [0.717, 1.165) is 0 Å². The zero-order valence-electron chi connectivity index (χ0n) is 16.9. The van der Waals surface area contributed by atoms with Crippen LogP contribution < -0.4 is 10.4 Å². The normalized spacial score (nSPS) is 15.1. The molecule has 0 spiro atoms. The van der Waals surface area contributed by atoms with Crippen LogP contribution in [0.1, 0.15) is 59.1 Å². The number of phenolic OH excluding ortho intramolecular Hbond substituents is 2. The summed E-state index contributed by atoms with van der Waals surface area (Å²) < 4.78 is 11.2. The van der Waals surface area contributed by atoms with Gasteiger partial charge in [0.25, 0.3) is 0 Å². The van der Waals surface area contributed by atoms with Crippen LogP contribution in [0.5, 0.6) is 23.0 Å². The van der Waals surface area contributed by atoms with Crippen LogP contribution in [0.2, 0.25) is 0 Å². The molecule has 0 saturated heterocycles. The van der Waals surface area contributed by atoms with Crippen LogP contribution in [0, 0.1) is 6.92 Å². The van der Waals surface area contributed by atoms with Gasteiger partial charge < -0.3 is 24.5 Å². The zero-order valence-corrected chi connectivity index (χ0v) is 16.9. The zero-order chi connectivity index (χ0) is 21.6. The number of aromatic hydroxyl groups is 3. The van der Waals surface area contributed by atoms with Gasteiger partial charge in [0, 0.05) is 36.0 Å². The molecule has 0 bridgehead atoms. The molecule has 0 fully saturated rings. The molecule has 7 heteroatoms. The third-order valence-electron chi connectivity index (χ3n) is 5.34. The number of carbonyl (C=O) groups excluding carboxylic acids is 1. The van der Waals surface area contributed by atoms with Crippen molar-refractivity contribution < 1.29 is 29.3 Å². The third kappa shape index (κ3) is 3.26. The molecule has 0 radical (unpaired) electrons. The molecule has 2 heterocycles. The molecular weight excluding hydrogens is 376 g/mol. The standard InChI is InChI=1S/C22H24O7/c1-6-15-10(4)18(24)14(22(27)29-15)7-12-19(25)17(11(5)23)20(26)13-8-16(9(2)3)28-21(12)13/h16,24-26H,2,6-8H2,1,3-5H3/t16-/m0/s1. The van der Waals surface area contributed by atoms with Crippen LogP contribution >= 0.6 is 0 Å². The van der Waals surface area contributed by atoms with Gasteiger partial charge in [-0.05, 0) is 26.3 Å². The van der Waals surface area contributed by atoms with E-state index in [9.17, 15) is 24.9 Å². The van der Waals surface area contributed by atoms with Gasteiger partial charge in [-0.3, -0.25) is 4.79 Å². The lowest BCUT2D eigenvalue weighted by molar-refractivity contribution is 0.101. The molecule has 0 amide bonds. The van der Waals surface area contributed by atoms with Crippen molar-refractivity contribution in [3.8, 4) is 23.0 Å². The van der Waals surface area contributed by atoms with Gasteiger partial charge >= 0.3 is 5.63 Å². The summed E-state index contributed by atoms with van der Waals surface area (Å²) in [6.45, 7) is 10.3. The molecule has 2 aromatic rings. The summed E-state index contributed by atoms with van der Waals surface area (Å²) in [6, 6.07) is 0. The lowest BCUT2D eigenvalue weighted by atomic mass is 9.93. The molecule has 29 heavy (non-hydrogen) atoms. The minimum atomic E-state index is -0.731. The molecule has 1 aliphatic heterocycles. The summed E-state index contributed by atoms with van der Waals surface area (Å²) in [5.41, 5.74) is 0.616. The van der Waals surface area contributed by atoms with Gasteiger partial charge in [0.1, 0.15) is 40.4 Å². The number of fused-ring (bicyclic) bond motifs is 1. The first kappa shape index (κ1) is 20.5. The molecule has 1 aromatic carbocycles. The van der Waals surface area contributed by atoms with Crippen LogP contribution in [0.25, 0.3) is 0 Å². The van der Waals surface area contributed by atoms with Gasteiger partial charge in [0.15, 0.2) is 5.78 Å². The second-order valence-corrected chi connectivity index (χ2v) is 7.37. The number of phenols is 2. The van der Waals surface area contributed by atoms with E-state index < -0.39 is 23.3 Å². The van der Waals surface area contributed by atoms with E-state index in [4.69, 9.17) is 9.15 Å². The maximum absolute atomic E-state index is 12.5. The van der Waals surface area contributed by atoms with Crippen LogP contribution in [-0.4, -0.2) is 27.2 Å². The molecule has 0 saturated carbocycles. The molecular formula is C22H24O7. The van der Waals surface area contributed by atoms with E-state index in [1.54, 1.807) is 20.8 Å². The number of hydrogen-bond acceptors (Lipinski definition) is 7. The number of hydrogen-bond donors (Lipinski definition) is 3. The van der Waals surface area contributed by atoms with Crippen molar-refractivity contribution in [2.75, 3.05) is 0 Å². The van der Waals surface area contributed by atoms with E-state index >= 15 is 0 Å². The molecule has 1 aromatic heterocycles. The first-order valence-corrected chi connectivity index (χ1v) is 9.35. The Bertz CT molecular complexity index is 1090. The summed E-state index contributed by atoms with van der Waals surface area (Å²) in [6.07, 6.45) is 0.0485. The van der Waals surface area contributed by atoms with Gasteiger partial charge in [-0.15, -0.1) is 0 Å². The quantitative estimate of drug-likeness (QED) is 0.521. The average Bonchev–Trinajstić information content (AvgIpc) is 3.09. The summed E-state index contributed by atoms with van der Waals surface area (Å²) >= 11 is 0. The fourth-order valence-corrected chi connectivity index (χ4v) is 3.66. The van der Waals surface area contributed by atoms with E-state index in [1.165, 1.54) is 6.92 Å². The lowest BCUT2D eigenvalue weighted by Crippen LogP contribution is -2.14. The molecule has 1 aliphatic rings. The van der Waals surface area contributed by atoms with Crippen molar-refractivity contribution in [2.45, 2.75) is 53.1 Å². The van der Waals surface area contributed by atoms with Crippen LogP contribution in [0.4, 0.5) is 0 Å². The Morgan fingerprint density at radius 2 is 1.79 bits per heavy atom. The maximum Gasteiger partial charge on any atom is 0.343 e. The topological polar surface area (TPSA) is 117 Å². The molecule has 7 nitrogen and oxygen atoms in total. The number of aryl methyl sites for hydroxylation is 1. The van der Waals surface area contributed by atoms with Gasteiger partial charge in [-0.2, -0.15) is 0 Å². The lowest BCUT2D eigenvalue weighted by Gasteiger charge is -2.17. The fraction of sp³-hybridized carbons (Fsp3) is 0.364. The van der Waals surface area contributed by atoms with Crippen LogP contribution in [0.15, 0.2) is 21.4 Å². The van der Waals surface area contributed by atoms with E-state index in [2.05, 4.69) is 6.58 Å². The Balaban J connectivity index is 2.24. The summed E-state index contributed by atoms with van der Waals surface area (Å²) in [5, 5.41) is 31.8. The molecule has 3 rings (SSSR count). The Kier molecular flexibility index (Phi) is 5.17. The predicted octanol–water partition coefficient (Wildman–Crippen LogP) is 3.30. The Labute approximate surface area is 167 Å². The number of ether oxygens (including phenoxy) is 1. The van der Waals surface area contributed by atoms with Gasteiger partial charge in [-0.25, -0.2) is 4.79 Å². The van der Waals surface area contributed by atoms with Gasteiger partial charge in [0.2, 0.25) is 0 Å². The van der Waals surface area contributed by atoms with Crippen molar-refractivity contribution in [1.82, 2.24) is 0 Å². The van der Waals surface area contributed by atoms with E-state index in [-0.39, 0.29) is 46.8 Å². The average molecular weight is 400 g/mol. The number of ketones is 1. The second-order valence-electron chi connectivity index (χ2n) is 7.37. The number of carbonyl (C=O) groups is 1. The van der Waals surface area contributed by atoms with Crippen molar-refractivity contribution in [3.63, 3.8) is 0 Å². The smallest absolute Gasteiger partial charge is 0.343 e. The summed E-state index contributed by atoms with van der Waals surface area (Å²) in [5.74, 6) is -1.01. The van der Waals surface area contributed by atoms with Crippen molar-refractivity contribution >= 4 is 5.78 Å². The monoisotopic (exact) mass is 400 g/mol. The molecule has 1 atom stereocenters. The van der Waals surface area contributed by atoms with E-state index in [1.807, 2.05) is 0 Å². The maximum atomic E-state index is 12.5. The van der Waals surface area contributed by atoms with Crippen LogP contribution in [-0.2, 0) is 19.3 Å². The summed E-state index contributed by atoms with van der Waals surface area (Å²) in [4.78, 5) is 24.5. The van der Waals surface area contributed by atoms with Crippen molar-refractivity contribution in [3.05, 3.63) is 56.1 Å². The Morgan fingerprint density at radius 1 is 1.14 bits per heavy atom. The molecule has 154 valence electrons. The van der Waals surface area contributed by atoms with Gasteiger partial charge in [0.05, 0.1) is 5.56 Å². The molecule has 0 unspecified atom stereocenters. The highest BCUT2D eigenvalue weighted by Crippen LogP contribution is 2.48. The third-order valence-corrected chi connectivity index (χ3v) is 5.34. The molecule has 3 N–H and O–H groups in total. The van der Waals surface area contributed by atoms with Crippen molar-refractivity contribution in [1.29, 1.82) is 0 Å². The SMILES string of the molecule is C=C(C)[C@@H]1Cc2c(O)c(C(C)=O)c(O)c(Cc3c(O)c(C)c(CC)oc3=O)c2O1. The minimum absolute atomic E-state index is 0.0558. The van der Waals surface area contributed by atoms with Crippen molar-refractivity contribution in [2.24, 2.45) is 0 Å². The Morgan fingerprint density at radius 3 is 2.34 bits per heavy atom. The largest absolute Gasteiger partial charge is 0.507 e. The second kappa shape index (κ2) is 7.31.